The zero-order chi connectivity index (χ0) is 13.9. The second-order valence-corrected chi connectivity index (χ2v) is 5.27. The molecule has 0 aromatic heterocycles. The molecule has 0 bridgehead atoms. The maximum atomic E-state index is 13.0. The van der Waals surface area contributed by atoms with E-state index >= 15 is 0 Å². The van der Waals surface area contributed by atoms with Gasteiger partial charge in [0, 0.05) is 18.9 Å². The zero-order valence-corrected chi connectivity index (χ0v) is 11.0. The topological polar surface area (TPSA) is 29.1 Å². The van der Waals surface area contributed by atoms with Gasteiger partial charge in [-0.1, -0.05) is 30.3 Å². The Hall–Kier alpha value is -1.45. The molecule has 1 aliphatic rings. The molecule has 1 aromatic rings. The van der Waals surface area contributed by atoms with E-state index in [1.807, 2.05) is 37.3 Å². The molecule has 0 heterocycles. The smallest absolute Gasteiger partial charge is 0.248 e. The molecule has 1 unspecified atom stereocenters. The summed E-state index contributed by atoms with van der Waals surface area (Å²) in [5.74, 6) is -2.88. The fourth-order valence-electron chi connectivity index (χ4n) is 2.40. The number of carbonyl (C=O) groups is 1. The maximum absolute atomic E-state index is 13.0. The Morgan fingerprint density at radius 3 is 2.42 bits per heavy atom. The summed E-state index contributed by atoms with van der Waals surface area (Å²) in [7, 11) is 0. The molecule has 1 amide bonds. The molecule has 19 heavy (non-hydrogen) atoms. The van der Waals surface area contributed by atoms with Gasteiger partial charge in [-0.25, -0.2) is 8.78 Å². The number of hydrogen-bond donors (Lipinski definition) is 1. The van der Waals surface area contributed by atoms with Crippen LogP contribution in [0.3, 0.4) is 0 Å². The lowest BCUT2D eigenvalue weighted by Gasteiger charge is -2.29. The van der Waals surface area contributed by atoms with Crippen molar-refractivity contribution in [1.29, 1.82) is 0 Å². The van der Waals surface area contributed by atoms with Gasteiger partial charge in [-0.3, -0.25) is 4.79 Å². The van der Waals surface area contributed by atoms with E-state index in [0.29, 0.717) is 12.8 Å². The molecule has 2 nitrogen and oxygen atoms in total. The van der Waals surface area contributed by atoms with Crippen LogP contribution in [0.15, 0.2) is 30.3 Å². The molecule has 1 fully saturated rings. The van der Waals surface area contributed by atoms with Crippen molar-refractivity contribution in [3.63, 3.8) is 0 Å². The average molecular weight is 267 g/mol. The van der Waals surface area contributed by atoms with E-state index in [9.17, 15) is 13.6 Å². The standard InChI is InChI=1S/C15H19F2NO/c1-11(12-5-3-2-4-6-12)14(19)18-13-7-9-15(16,17)10-8-13/h2-6,11,13H,7-10H2,1H3,(H,18,19). The minimum Gasteiger partial charge on any atom is -0.353 e. The van der Waals surface area contributed by atoms with Crippen LogP contribution < -0.4 is 5.32 Å². The van der Waals surface area contributed by atoms with Gasteiger partial charge in [0.2, 0.25) is 11.8 Å². The number of rotatable bonds is 3. The fourth-order valence-corrected chi connectivity index (χ4v) is 2.40. The van der Waals surface area contributed by atoms with Crippen molar-refractivity contribution < 1.29 is 13.6 Å². The summed E-state index contributed by atoms with van der Waals surface area (Å²) in [6, 6.07) is 9.37. The predicted molar refractivity (Wildman–Crippen MR) is 70.2 cm³/mol. The van der Waals surface area contributed by atoms with Crippen molar-refractivity contribution in [2.24, 2.45) is 0 Å². The van der Waals surface area contributed by atoms with Crippen LogP contribution >= 0.6 is 0 Å². The molecule has 1 aliphatic carbocycles. The van der Waals surface area contributed by atoms with Gasteiger partial charge >= 0.3 is 0 Å². The molecule has 1 atom stereocenters. The minimum atomic E-state index is -2.55. The van der Waals surface area contributed by atoms with Gasteiger partial charge in [0.15, 0.2) is 0 Å². The Kier molecular flexibility index (Phi) is 4.17. The molecule has 104 valence electrons. The number of hydrogen-bond acceptors (Lipinski definition) is 1. The van der Waals surface area contributed by atoms with E-state index in [-0.39, 0.29) is 30.7 Å². The van der Waals surface area contributed by atoms with Crippen molar-refractivity contribution in [3.8, 4) is 0 Å². The summed E-state index contributed by atoms with van der Waals surface area (Å²) in [5.41, 5.74) is 0.945. The van der Waals surface area contributed by atoms with E-state index in [0.717, 1.165) is 5.56 Å². The van der Waals surface area contributed by atoms with Crippen molar-refractivity contribution in [3.05, 3.63) is 35.9 Å². The second-order valence-electron chi connectivity index (χ2n) is 5.27. The Morgan fingerprint density at radius 2 is 1.84 bits per heavy atom. The molecule has 2 rings (SSSR count). The number of halogens is 2. The number of alkyl halides is 2. The summed E-state index contributed by atoms with van der Waals surface area (Å²) < 4.78 is 26.1. The Morgan fingerprint density at radius 1 is 1.26 bits per heavy atom. The molecule has 0 aliphatic heterocycles. The average Bonchev–Trinajstić information content (AvgIpc) is 2.41. The molecular weight excluding hydrogens is 248 g/mol. The van der Waals surface area contributed by atoms with Crippen molar-refractivity contribution in [2.75, 3.05) is 0 Å². The number of amides is 1. The molecule has 4 heteroatoms. The van der Waals surface area contributed by atoms with Crippen LogP contribution in [0.1, 0.15) is 44.1 Å². The minimum absolute atomic E-state index is 0.0820. The second kappa shape index (κ2) is 5.68. The third-order valence-electron chi connectivity index (χ3n) is 3.76. The van der Waals surface area contributed by atoms with E-state index in [1.54, 1.807) is 0 Å². The molecule has 0 spiro atoms. The first kappa shape index (κ1) is 14.0. The number of nitrogens with one attached hydrogen (secondary N) is 1. The number of carbonyl (C=O) groups excluding carboxylic acids is 1. The van der Waals surface area contributed by atoms with E-state index in [2.05, 4.69) is 5.32 Å². The van der Waals surface area contributed by atoms with Crippen LogP contribution in [-0.4, -0.2) is 17.9 Å². The lowest BCUT2D eigenvalue weighted by molar-refractivity contribution is -0.124. The first-order chi connectivity index (χ1) is 8.98. The third kappa shape index (κ3) is 3.75. The van der Waals surface area contributed by atoms with E-state index < -0.39 is 5.92 Å². The van der Waals surface area contributed by atoms with Crippen LogP contribution in [0.4, 0.5) is 8.78 Å². The fraction of sp³-hybridized carbons (Fsp3) is 0.533. The highest BCUT2D eigenvalue weighted by Gasteiger charge is 2.35. The Bertz CT molecular complexity index is 423. The summed E-state index contributed by atoms with van der Waals surface area (Å²) >= 11 is 0. The Labute approximate surface area is 112 Å². The molecule has 1 aromatic carbocycles. The van der Waals surface area contributed by atoms with Crippen molar-refractivity contribution in [1.82, 2.24) is 5.32 Å². The molecular formula is C15H19F2NO. The van der Waals surface area contributed by atoms with Crippen LogP contribution in [0.5, 0.6) is 0 Å². The van der Waals surface area contributed by atoms with Crippen LogP contribution in [-0.2, 0) is 4.79 Å². The van der Waals surface area contributed by atoms with Crippen LogP contribution in [0.25, 0.3) is 0 Å². The van der Waals surface area contributed by atoms with E-state index in [4.69, 9.17) is 0 Å². The summed E-state index contributed by atoms with van der Waals surface area (Å²) in [5, 5.41) is 2.88. The molecule has 0 saturated heterocycles. The predicted octanol–water partition coefficient (Wildman–Crippen LogP) is 3.48. The van der Waals surface area contributed by atoms with Gasteiger partial charge in [-0.15, -0.1) is 0 Å². The highest BCUT2D eigenvalue weighted by Crippen LogP contribution is 2.33. The summed E-state index contributed by atoms with van der Waals surface area (Å²) in [6.45, 7) is 1.84. The van der Waals surface area contributed by atoms with Gasteiger partial charge in [-0.2, -0.15) is 0 Å². The largest absolute Gasteiger partial charge is 0.353 e. The zero-order valence-electron chi connectivity index (χ0n) is 11.0. The molecule has 1 N–H and O–H groups in total. The quantitative estimate of drug-likeness (QED) is 0.892. The highest BCUT2D eigenvalue weighted by atomic mass is 19.3. The van der Waals surface area contributed by atoms with E-state index in [1.165, 1.54) is 0 Å². The SMILES string of the molecule is CC(C(=O)NC1CCC(F)(F)CC1)c1ccccc1. The molecule has 1 saturated carbocycles. The summed E-state index contributed by atoms with van der Waals surface area (Å²) in [6.07, 6.45) is 0.468. The highest BCUT2D eigenvalue weighted by molar-refractivity contribution is 5.83. The van der Waals surface area contributed by atoms with Crippen LogP contribution in [0, 0.1) is 0 Å². The van der Waals surface area contributed by atoms with Gasteiger partial charge in [0.25, 0.3) is 0 Å². The lowest BCUT2D eigenvalue weighted by Crippen LogP contribution is -2.41. The van der Waals surface area contributed by atoms with Gasteiger partial charge < -0.3 is 5.32 Å². The lowest BCUT2D eigenvalue weighted by atomic mass is 9.91. The first-order valence-corrected chi connectivity index (χ1v) is 6.71. The summed E-state index contributed by atoms with van der Waals surface area (Å²) in [4.78, 5) is 12.1. The van der Waals surface area contributed by atoms with Crippen molar-refractivity contribution >= 4 is 5.91 Å². The van der Waals surface area contributed by atoms with Crippen LogP contribution in [0.2, 0.25) is 0 Å². The van der Waals surface area contributed by atoms with Gasteiger partial charge in [0.1, 0.15) is 0 Å². The Balaban J connectivity index is 1.88. The number of benzene rings is 1. The molecule has 0 radical (unpaired) electrons. The van der Waals surface area contributed by atoms with Gasteiger partial charge in [-0.05, 0) is 25.3 Å². The third-order valence-corrected chi connectivity index (χ3v) is 3.76. The van der Waals surface area contributed by atoms with Gasteiger partial charge in [0.05, 0.1) is 5.92 Å². The monoisotopic (exact) mass is 267 g/mol. The first-order valence-electron chi connectivity index (χ1n) is 6.71. The normalized spacial score (nSPS) is 20.8. The van der Waals surface area contributed by atoms with Crippen molar-refractivity contribution in [2.45, 2.75) is 50.5 Å². The maximum Gasteiger partial charge on any atom is 0.248 e.